The van der Waals surface area contributed by atoms with Crippen LogP contribution in [0.15, 0.2) is 12.4 Å². The number of fused-ring (bicyclic) bond motifs is 1. The fourth-order valence-electron chi connectivity index (χ4n) is 1.39. The minimum Gasteiger partial charge on any atom is -0.328 e. The highest BCUT2D eigenvalue weighted by Gasteiger charge is 2.09. The summed E-state index contributed by atoms with van der Waals surface area (Å²) < 4.78 is 2.44. The van der Waals surface area contributed by atoms with E-state index >= 15 is 0 Å². The summed E-state index contributed by atoms with van der Waals surface area (Å²) in [5, 5.41) is 2.45. The third-order valence-electron chi connectivity index (χ3n) is 1.92. The van der Waals surface area contributed by atoms with Crippen LogP contribution in [0.3, 0.4) is 0 Å². The maximum atomic E-state index is 6.04. The fraction of sp³-hybridized carbons (Fsp3) is 0.250. The minimum absolute atomic E-state index is 0.587. The zero-order valence-corrected chi connectivity index (χ0v) is 9.35. The molecule has 2 aromatic heterocycles. The molecule has 0 saturated carbocycles. The van der Waals surface area contributed by atoms with E-state index in [1.807, 2.05) is 23.8 Å². The first-order valence-corrected chi connectivity index (χ1v) is 4.81. The van der Waals surface area contributed by atoms with Crippen LogP contribution in [0.25, 0.3) is 11.0 Å². The molecule has 2 heterocycles. The number of hydrogen-bond donors (Lipinski definition) is 1. The molecular weight excluding hydrogens is 220 g/mol. The normalized spacial score (nSPS) is 10.8. The molecule has 0 amide bonds. The van der Waals surface area contributed by atoms with Crippen LogP contribution in [-0.2, 0) is 0 Å². The summed E-state index contributed by atoms with van der Waals surface area (Å²) >= 11 is 11.2. The average molecular weight is 229 g/mol. The van der Waals surface area contributed by atoms with E-state index in [9.17, 15) is 0 Å². The summed E-state index contributed by atoms with van der Waals surface area (Å²) in [5.41, 5.74) is 1.70. The Morgan fingerprint density at radius 2 is 2.21 bits per heavy atom. The van der Waals surface area contributed by atoms with E-state index in [2.05, 4.69) is 9.97 Å². The van der Waals surface area contributed by atoms with Gasteiger partial charge in [-0.3, -0.25) is 4.98 Å². The van der Waals surface area contributed by atoms with Crippen molar-refractivity contribution in [3.05, 3.63) is 22.2 Å². The molecule has 4 nitrogen and oxygen atoms in total. The number of hydrogen-bond acceptors (Lipinski definition) is 3. The maximum Gasteiger partial charge on any atom is 0.197 e. The van der Waals surface area contributed by atoms with Gasteiger partial charge in [0.25, 0.3) is 0 Å². The number of H-pyrrole nitrogens is 1. The van der Waals surface area contributed by atoms with Crippen molar-refractivity contribution in [3.8, 4) is 0 Å². The molecule has 0 aliphatic rings. The number of nitrogens with zero attached hydrogens (tertiary/aromatic N) is 3. The van der Waals surface area contributed by atoms with E-state index in [1.165, 1.54) is 0 Å². The highest BCUT2D eigenvalue weighted by molar-refractivity contribution is 7.71. The van der Waals surface area contributed by atoms with Gasteiger partial charge in [-0.2, -0.15) is 0 Å². The monoisotopic (exact) mass is 228 g/mol. The lowest BCUT2D eigenvalue weighted by molar-refractivity contribution is 0.742. The summed E-state index contributed by atoms with van der Waals surface area (Å²) in [7, 11) is 3.81. The molecule has 0 atom stereocenters. The van der Waals surface area contributed by atoms with Gasteiger partial charge in [0.1, 0.15) is 5.52 Å². The Balaban J connectivity index is 2.94. The predicted octanol–water partition coefficient (Wildman–Crippen LogP) is 1.94. The zero-order valence-electron chi connectivity index (χ0n) is 7.78. The summed E-state index contributed by atoms with van der Waals surface area (Å²) in [6.07, 6.45) is 3.31. The van der Waals surface area contributed by atoms with Crippen molar-refractivity contribution in [3.63, 3.8) is 0 Å². The molecule has 0 fully saturated rings. The number of imidazole rings is 1. The second-order valence-electron chi connectivity index (χ2n) is 3.11. The van der Waals surface area contributed by atoms with Gasteiger partial charge in [0.05, 0.1) is 16.7 Å². The Morgan fingerprint density at radius 3 is 2.86 bits per heavy atom. The topological polar surface area (TPSA) is 36.9 Å². The van der Waals surface area contributed by atoms with Gasteiger partial charge in [0.15, 0.2) is 4.77 Å². The Hall–Kier alpha value is -1.07. The Bertz CT molecular complexity index is 528. The molecule has 14 heavy (non-hydrogen) atoms. The first-order valence-electron chi connectivity index (χ1n) is 4.03. The smallest absolute Gasteiger partial charge is 0.197 e. The van der Waals surface area contributed by atoms with Gasteiger partial charge in [-0.1, -0.05) is 11.6 Å². The zero-order chi connectivity index (χ0) is 10.3. The molecule has 2 rings (SSSR count). The molecule has 0 bridgehead atoms. The number of nitrogens with one attached hydrogen (secondary N) is 1. The summed E-state index contributed by atoms with van der Waals surface area (Å²) in [5.74, 6) is 0. The molecule has 1 N–H and O–H groups in total. The van der Waals surface area contributed by atoms with E-state index < -0.39 is 0 Å². The van der Waals surface area contributed by atoms with Crippen LogP contribution in [0.2, 0.25) is 5.02 Å². The van der Waals surface area contributed by atoms with Crippen molar-refractivity contribution in [2.75, 3.05) is 19.1 Å². The quantitative estimate of drug-likeness (QED) is 0.758. The average Bonchev–Trinajstić information content (AvgIpc) is 2.42. The van der Waals surface area contributed by atoms with Crippen LogP contribution in [0.1, 0.15) is 0 Å². The van der Waals surface area contributed by atoms with Crippen molar-refractivity contribution in [1.82, 2.24) is 14.6 Å². The van der Waals surface area contributed by atoms with E-state index in [-0.39, 0.29) is 0 Å². The second kappa shape index (κ2) is 3.25. The lowest BCUT2D eigenvalue weighted by Gasteiger charge is -2.14. The molecule has 0 radical (unpaired) electrons. The number of pyridine rings is 1. The largest absolute Gasteiger partial charge is 0.328 e. The van der Waals surface area contributed by atoms with Crippen LogP contribution in [-0.4, -0.2) is 28.7 Å². The maximum absolute atomic E-state index is 6.04. The highest BCUT2D eigenvalue weighted by atomic mass is 35.5. The lowest BCUT2D eigenvalue weighted by atomic mass is 10.4. The number of rotatable bonds is 1. The van der Waals surface area contributed by atoms with Crippen molar-refractivity contribution < 1.29 is 0 Å². The van der Waals surface area contributed by atoms with Gasteiger partial charge >= 0.3 is 0 Å². The molecule has 6 heteroatoms. The van der Waals surface area contributed by atoms with E-state index in [0.717, 1.165) is 11.0 Å². The van der Waals surface area contributed by atoms with Crippen molar-refractivity contribution in [2.24, 2.45) is 0 Å². The highest BCUT2D eigenvalue weighted by Crippen LogP contribution is 2.21. The minimum atomic E-state index is 0.587. The Labute approximate surface area is 91.1 Å². The lowest BCUT2D eigenvalue weighted by Crippen LogP contribution is -2.24. The van der Waals surface area contributed by atoms with Crippen molar-refractivity contribution in [2.45, 2.75) is 0 Å². The van der Waals surface area contributed by atoms with Crippen LogP contribution in [0, 0.1) is 4.77 Å². The molecular formula is C8H9ClN4S. The van der Waals surface area contributed by atoms with Gasteiger partial charge in [-0.25, -0.2) is 4.68 Å². The van der Waals surface area contributed by atoms with Gasteiger partial charge in [0, 0.05) is 20.3 Å². The fourth-order valence-corrected chi connectivity index (χ4v) is 1.99. The van der Waals surface area contributed by atoms with Crippen LogP contribution >= 0.6 is 23.8 Å². The first kappa shape index (κ1) is 9.48. The van der Waals surface area contributed by atoms with E-state index in [1.54, 1.807) is 12.4 Å². The molecule has 0 spiro atoms. The summed E-state index contributed by atoms with van der Waals surface area (Å²) in [4.78, 5) is 7.02. The van der Waals surface area contributed by atoms with E-state index in [0.29, 0.717) is 9.79 Å². The van der Waals surface area contributed by atoms with Gasteiger partial charge < -0.3 is 9.99 Å². The Morgan fingerprint density at radius 1 is 1.50 bits per heavy atom. The molecule has 0 unspecified atom stereocenters. The number of halogens is 1. The van der Waals surface area contributed by atoms with Crippen LogP contribution in [0.5, 0.6) is 0 Å². The molecule has 0 saturated heterocycles. The summed E-state index contributed by atoms with van der Waals surface area (Å²) in [6, 6.07) is 0. The molecule has 74 valence electrons. The van der Waals surface area contributed by atoms with Crippen molar-refractivity contribution in [1.29, 1.82) is 0 Å². The SMILES string of the molecule is CN(C)n1c(=S)[nH]c2cncc(Cl)c21. The molecule has 0 aromatic carbocycles. The van der Waals surface area contributed by atoms with Crippen molar-refractivity contribution >= 4 is 34.9 Å². The van der Waals surface area contributed by atoms with Gasteiger partial charge in [0.2, 0.25) is 0 Å². The third kappa shape index (κ3) is 1.29. The predicted molar refractivity (Wildman–Crippen MR) is 60.0 cm³/mol. The van der Waals surface area contributed by atoms with E-state index in [4.69, 9.17) is 23.8 Å². The van der Waals surface area contributed by atoms with Gasteiger partial charge in [-0.15, -0.1) is 0 Å². The van der Waals surface area contributed by atoms with Crippen LogP contribution < -0.4 is 5.01 Å². The number of aromatic amines is 1. The Kier molecular flexibility index (Phi) is 2.20. The standard InChI is InChI=1S/C8H9ClN4S/c1-12(2)13-7-5(9)3-10-4-6(7)11-8(13)14/h3-4H,1-2H3,(H,11,14). The number of aromatic nitrogens is 3. The second-order valence-corrected chi connectivity index (χ2v) is 3.90. The molecule has 2 aromatic rings. The summed E-state index contributed by atoms with van der Waals surface area (Å²) in [6.45, 7) is 0. The molecule has 0 aliphatic carbocycles. The van der Waals surface area contributed by atoms with Crippen LogP contribution in [0.4, 0.5) is 0 Å². The molecule has 0 aliphatic heterocycles. The third-order valence-corrected chi connectivity index (χ3v) is 2.47. The van der Waals surface area contributed by atoms with Gasteiger partial charge in [-0.05, 0) is 12.2 Å². The first-order chi connectivity index (χ1) is 6.61.